The maximum atomic E-state index is 2.57. The number of benzene rings is 12. The third kappa shape index (κ3) is 6.30. The summed E-state index contributed by atoms with van der Waals surface area (Å²) in [6.07, 6.45) is 0. The molecule has 0 aliphatic heterocycles. The van der Waals surface area contributed by atoms with Crippen molar-refractivity contribution < 1.29 is 0 Å². The molecule has 0 N–H and O–H groups in total. The van der Waals surface area contributed by atoms with Crippen LogP contribution in [0, 0.1) is 0 Å². The average Bonchev–Trinajstić information content (AvgIpc) is 3.33. The van der Waals surface area contributed by atoms with Gasteiger partial charge in [0.15, 0.2) is 0 Å². The SMILES string of the molecule is CC(C)c1cc(B(c2ccc3ccccc3c2)c2ccc3ccccc3c2)c2ccc3c(C(C)C)cc(B(c4ccc5ccccc5c4)c4ccc5ccccc5c4)c4ccc1c2c43. The summed E-state index contributed by atoms with van der Waals surface area (Å²) in [5, 5.41) is 18.3. The summed E-state index contributed by atoms with van der Waals surface area (Å²) in [7, 11) is 0. The van der Waals surface area contributed by atoms with Crippen molar-refractivity contribution in [3.8, 4) is 0 Å². The van der Waals surface area contributed by atoms with Crippen molar-refractivity contribution >= 4 is 122 Å². The molecule has 12 aromatic carbocycles. The van der Waals surface area contributed by atoms with E-state index in [0.29, 0.717) is 11.8 Å². The van der Waals surface area contributed by atoms with E-state index >= 15 is 0 Å². The van der Waals surface area contributed by atoms with Crippen molar-refractivity contribution in [2.45, 2.75) is 39.5 Å². The predicted octanol–water partition coefficient (Wildman–Crippen LogP) is 12.5. The van der Waals surface area contributed by atoms with Gasteiger partial charge in [-0.15, -0.1) is 0 Å². The van der Waals surface area contributed by atoms with Gasteiger partial charge in [0.05, 0.1) is 0 Å². The van der Waals surface area contributed by atoms with Gasteiger partial charge in [-0.2, -0.15) is 0 Å². The van der Waals surface area contributed by atoms with Crippen molar-refractivity contribution in [3.05, 3.63) is 217 Å². The number of fused-ring (bicyclic) bond motifs is 4. The lowest BCUT2D eigenvalue weighted by Gasteiger charge is -2.27. The smallest absolute Gasteiger partial charge is 0.0680 e. The number of rotatable bonds is 8. The van der Waals surface area contributed by atoms with Crippen LogP contribution >= 0.6 is 0 Å². The fourth-order valence-corrected chi connectivity index (χ4v) is 11.2. The van der Waals surface area contributed by atoms with Gasteiger partial charge in [-0.1, -0.05) is 267 Å². The minimum Gasteiger partial charge on any atom is -0.0680 e. The molecular weight excluding hydrogens is 766 g/mol. The molecule has 0 unspecified atom stereocenters. The summed E-state index contributed by atoms with van der Waals surface area (Å²) in [4.78, 5) is 0. The van der Waals surface area contributed by atoms with E-state index in [2.05, 4.69) is 234 Å². The fraction of sp³-hybridized carbons (Fsp3) is 0.0968. The van der Waals surface area contributed by atoms with Gasteiger partial charge in [0.1, 0.15) is 0 Å². The van der Waals surface area contributed by atoms with Gasteiger partial charge >= 0.3 is 0 Å². The van der Waals surface area contributed by atoms with Crippen LogP contribution in [-0.4, -0.2) is 13.4 Å². The molecule has 0 amide bonds. The Morgan fingerprint density at radius 1 is 0.266 bits per heavy atom. The Bertz CT molecular complexity index is 3360. The fourth-order valence-electron chi connectivity index (χ4n) is 11.2. The lowest BCUT2D eigenvalue weighted by atomic mass is 9.35. The summed E-state index contributed by atoms with van der Waals surface area (Å²) in [6, 6.07) is 78.7. The Hall–Kier alpha value is -7.15. The zero-order valence-corrected chi connectivity index (χ0v) is 36.9. The van der Waals surface area contributed by atoms with Crippen molar-refractivity contribution in [2.24, 2.45) is 0 Å². The van der Waals surface area contributed by atoms with Crippen LogP contribution in [0.4, 0.5) is 0 Å². The Labute approximate surface area is 376 Å². The average molecular weight is 815 g/mol. The van der Waals surface area contributed by atoms with Crippen molar-refractivity contribution in [2.75, 3.05) is 0 Å². The van der Waals surface area contributed by atoms with Gasteiger partial charge in [-0.25, -0.2) is 0 Å². The van der Waals surface area contributed by atoms with Crippen LogP contribution in [0.5, 0.6) is 0 Å². The second-order valence-electron chi connectivity index (χ2n) is 18.8. The van der Waals surface area contributed by atoms with E-state index in [9.17, 15) is 0 Å². The molecule has 12 aromatic rings. The molecule has 12 rings (SSSR count). The van der Waals surface area contributed by atoms with Crippen LogP contribution < -0.4 is 32.8 Å². The molecule has 0 radical (unpaired) electrons. The summed E-state index contributed by atoms with van der Waals surface area (Å²) < 4.78 is 0. The first kappa shape index (κ1) is 38.5. The topological polar surface area (TPSA) is 0 Å². The molecule has 2 heteroatoms. The predicted molar refractivity (Wildman–Crippen MR) is 283 cm³/mol. The van der Waals surface area contributed by atoms with Gasteiger partial charge in [0.2, 0.25) is 13.4 Å². The highest BCUT2D eigenvalue weighted by Gasteiger charge is 2.31. The maximum Gasteiger partial charge on any atom is 0.242 e. The minimum absolute atomic E-state index is 0.0169. The van der Waals surface area contributed by atoms with Gasteiger partial charge in [-0.3, -0.25) is 0 Å². The summed E-state index contributed by atoms with van der Waals surface area (Å²) in [5.41, 5.74) is 10.8. The Balaban J connectivity index is 1.19. The third-order valence-electron chi connectivity index (χ3n) is 14.3. The molecule has 0 aromatic heterocycles. The van der Waals surface area contributed by atoms with Gasteiger partial charge in [0, 0.05) is 0 Å². The van der Waals surface area contributed by atoms with E-state index in [1.54, 1.807) is 0 Å². The van der Waals surface area contributed by atoms with Gasteiger partial charge in [-0.05, 0) is 98.4 Å². The first-order valence-electron chi connectivity index (χ1n) is 23.1. The van der Waals surface area contributed by atoms with E-state index in [4.69, 9.17) is 0 Å². The van der Waals surface area contributed by atoms with Crippen LogP contribution in [0.1, 0.15) is 50.7 Å². The largest absolute Gasteiger partial charge is 0.242 e. The Morgan fingerprint density at radius 2 is 0.531 bits per heavy atom. The maximum absolute atomic E-state index is 2.57. The number of hydrogen-bond acceptors (Lipinski definition) is 0. The molecule has 0 atom stereocenters. The van der Waals surface area contributed by atoms with Crippen LogP contribution in [0.3, 0.4) is 0 Å². The molecular formula is C62H48B2. The molecule has 64 heavy (non-hydrogen) atoms. The quantitative estimate of drug-likeness (QED) is 0.106. The van der Waals surface area contributed by atoms with E-state index in [-0.39, 0.29) is 13.4 Å². The Morgan fingerprint density at radius 3 is 0.812 bits per heavy atom. The molecule has 0 bridgehead atoms. The monoisotopic (exact) mass is 814 g/mol. The normalized spacial score (nSPS) is 12.0. The standard InChI is InChI=1S/C62H48B2/c1-39(2)57-37-59(63(49-25-21-41-13-5-9-17-45(41)33-49)50-26-22-42-14-6-10-18-46(42)34-50)55-32-30-54-58(40(3)4)38-60(56-31-29-53(57)61(55)62(54)56)64(51-27-23-43-15-7-11-19-47(43)35-51)52-28-24-44-16-8-12-20-48(44)36-52/h5-40H,1-4H3. The van der Waals surface area contributed by atoms with E-state index < -0.39 is 0 Å². The molecule has 0 aliphatic rings. The third-order valence-corrected chi connectivity index (χ3v) is 14.3. The summed E-state index contributed by atoms with van der Waals surface area (Å²) in [6.45, 7) is 9.52. The molecule has 0 aliphatic carbocycles. The van der Waals surface area contributed by atoms with Crippen LogP contribution in [0.2, 0.25) is 0 Å². The molecule has 0 nitrogen and oxygen atoms in total. The van der Waals surface area contributed by atoms with E-state index in [1.807, 2.05) is 0 Å². The van der Waals surface area contributed by atoms with Crippen LogP contribution in [-0.2, 0) is 0 Å². The van der Waals surface area contributed by atoms with Crippen molar-refractivity contribution in [3.63, 3.8) is 0 Å². The van der Waals surface area contributed by atoms with Gasteiger partial charge < -0.3 is 0 Å². The van der Waals surface area contributed by atoms with E-state index in [1.165, 1.54) is 119 Å². The summed E-state index contributed by atoms with van der Waals surface area (Å²) >= 11 is 0. The van der Waals surface area contributed by atoms with Gasteiger partial charge in [0.25, 0.3) is 0 Å². The first-order chi connectivity index (χ1) is 31.4. The van der Waals surface area contributed by atoms with Crippen molar-refractivity contribution in [1.82, 2.24) is 0 Å². The van der Waals surface area contributed by atoms with Crippen molar-refractivity contribution in [1.29, 1.82) is 0 Å². The minimum atomic E-state index is 0.0169. The molecule has 0 heterocycles. The second kappa shape index (κ2) is 15.3. The highest BCUT2D eigenvalue weighted by molar-refractivity contribution is 6.98. The zero-order chi connectivity index (χ0) is 43.1. The molecule has 0 saturated heterocycles. The number of hydrogen-bond donors (Lipinski definition) is 0. The molecule has 0 spiro atoms. The first-order valence-corrected chi connectivity index (χ1v) is 23.1. The Kier molecular flexibility index (Phi) is 9.20. The van der Waals surface area contributed by atoms with E-state index in [0.717, 1.165) is 0 Å². The molecule has 0 fully saturated rings. The molecule has 302 valence electrons. The lowest BCUT2D eigenvalue weighted by molar-refractivity contribution is 0.877. The molecule has 0 saturated carbocycles. The highest BCUT2D eigenvalue weighted by atomic mass is 14.2. The zero-order valence-electron chi connectivity index (χ0n) is 36.9. The lowest BCUT2D eigenvalue weighted by Crippen LogP contribution is -2.52. The summed E-state index contributed by atoms with van der Waals surface area (Å²) in [5.74, 6) is 0.647. The van der Waals surface area contributed by atoms with Crippen LogP contribution in [0.15, 0.2) is 206 Å². The second-order valence-corrected chi connectivity index (χ2v) is 18.8. The van der Waals surface area contributed by atoms with Crippen LogP contribution in [0.25, 0.3) is 75.4 Å². The highest BCUT2D eigenvalue weighted by Crippen LogP contribution is 2.40.